The van der Waals surface area contributed by atoms with Gasteiger partial charge in [0.25, 0.3) is 0 Å². The molecular formula is C21H16N2O. The lowest BCUT2D eigenvalue weighted by molar-refractivity contribution is 0.103. The number of carbonyl (C=O) groups excluding carboxylic acids is 1. The van der Waals surface area contributed by atoms with Crippen LogP contribution in [0.4, 0.5) is 0 Å². The van der Waals surface area contributed by atoms with Crippen LogP contribution in [0.1, 0.15) is 21.5 Å². The number of nitrogens with one attached hydrogen (secondary N) is 1. The molecule has 0 unspecified atom stereocenters. The van der Waals surface area contributed by atoms with Gasteiger partial charge in [-0.15, -0.1) is 0 Å². The number of aryl methyl sites for hydroxylation is 1. The number of aromatic nitrogens is 2. The quantitative estimate of drug-likeness (QED) is 0.554. The summed E-state index contributed by atoms with van der Waals surface area (Å²) in [6.07, 6.45) is 0. The third-order valence-corrected chi connectivity index (χ3v) is 4.12. The van der Waals surface area contributed by atoms with Gasteiger partial charge in [-0.05, 0) is 19.1 Å². The Labute approximate surface area is 140 Å². The van der Waals surface area contributed by atoms with Gasteiger partial charge < -0.3 is 4.98 Å². The highest BCUT2D eigenvalue weighted by molar-refractivity contribution is 6.09. The SMILES string of the molecule is Cc1ccc(C(=O)c2ccc(-c3nc4ccccc4[nH]3)cc2)cc1. The van der Waals surface area contributed by atoms with Crippen LogP contribution in [0.25, 0.3) is 22.4 Å². The molecule has 0 amide bonds. The molecule has 3 heteroatoms. The van der Waals surface area contributed by atoms with E-state index in [1.165, 1.54) is 0 Å². The Morgan fingerprint density at radius 3 is 2.12 bits per heavy atom. The lowest BCUT2D eigenvalue weighted by atomic mass is 10.0. The summed E-state index contributed by atoms with van der Waals surface area (Å²) in [7, 11) is 0. The summed E-state index contributed by atoms with van der Waals surface area (Å²) in [5.41, 5.74) is 5.44. The van der Waals surface area contributed by atoms with Crippen LogP contribution >= 0.6 is 0 Å². The van der Waals surface area contributed by atoms with Gasteiger partial charge in [-0.3, -0.25) is 4.79 Å². The number of aromatic amines is 1. The Morgan fingerprint density at radius 2 is 1.46 bits per heavy atom. The van der Waals surface area contributed by atoms with Crippen molar-refractivity contribution in [2.24, 2.45) is 0 Å². The number of ketones is 1. The van der Waals surface area contributed by atoms with Gasteiger partial charge in [-0.25, -0.2) is 4.98 Å². The molecule has 0 radical (unpaired) electrons. The van der Waals surface area contributed by atoms with Crippen molar-refractivity contribution in [3.8, 4) is 11.4 Å². The second kappa shape index (κ2) is 5.78. The number of imidazole rings is 1. The topological polar surface area (TPSA) is 45.8 Å². The number of fused-ring (bicyclic) bond motifs is 1. The van der Waals surface area contributed by atoms with Gasteiger partial charge in [0, 0.05) is 16.7 Å². The van der Waals surface area contributed by atoms with E-state index >= 15 is 0 Å². The van der Waals surface area contributed by atoms with E-state index in [1.54, 1.807) is 0 Å². The summed E-state index contributed by atoms with van der Waals surface area (Å²) in [5.74, 6) is 0.844. The molecule has 116 valence electrons. The number of benzene rings is 3. The third-order valence-electron chi connectivity index (χ3n) is 4.12. The van der Waals surface area contributed by atoms with E-state index in [9.17, 15) is 4.79 Å². The molecule has 3 aromatic carbocycles. The van der Waals surface area contributed by atoms with Gasteiger partial charge in [0.05, 0.1) is 11.0 Å². The summed E-state index contributed by atoms with van der Waals surface area (Å²) in [5, 5.41) is 0. The first-order valence-corrected chi connectivity index (χ1v) is 7.87. The van der Waals surface area contributed by atoms with Crippen LogP contribution in [0.2, 0.25) is 0 Å². The Balaban J connectivity index is 1.64. The molecule has 3 nitrogen and oxygen atoms in total. The first kappa shape index (κ1) is 14.4. The van der Waals surface area contributed by atoms with E-state index in [0.29, 0.717) is 11.1 Å². The lowest BCUT2D eigenvalue weighted by Gasteiger charge is -2.03. The number of hydrogen-bond acceptors (Lipinski definition) is 2. The third kappa shape index (κ3) is 2.61. The number of H-pyrrole nitrogens is 1. The molecule has 0 fully saturated rings. The van der Waals surface area contributed by atoms with Gasteiger partial charge in [0.1, 0.15) is 5.82 Å². The zero-order valence-corrected chi connectivity index (χ0v) is 13.3. The number of carbonyl (C=O) groups is 1. The van der Waals surface area contributed by atoms with E-state index in [1.807, 2.05) is 79.7 Å². The maximum atomic E-state index is 12.5. The molecule has 0 saturated carbocycles. The minimum absolute atomic E-state index is 0.0335. The molecule has 1 heterocycles. The van der Waals surface area contributed by atoms with Gasteiger partial charge in [-0.1, -0.05) is 66.2 Å². The molecular weight excluding hydrogens is 296 g/mol. The van der Waals surface area contributed by atoms with E-state index in [-0.39, 0.29) is 5.78 Å². The fourth-order valence-electron chi connectivity index (χ4n) is 2.74. The Kier molecular flexibility index (Phi) is 3.47. The molecule has 24 heavy (non-hydrogen) atoms. The van der Waals surface area contributed by atoms with Crippen LogP contribution in [0.5, 0.6) is 0 Å². The van der Waals surface area contributed by atoms with Crippen LogP contribution in [0, 0.1) is 6.92 Å². The smallest absolute Gasteiger partial charge is 0.193 e. The van der Waals surface area contributed by atoms with Crippen molar-refractivity contribution < 1.29 is 4.79 Å². The molecule has 0 atom stereocenters. The fourth-order valence-corrected chi connectivity index (χ4v) is 2.74. The Bertz CT molecular complexity index is 979. The monoisotopic (exact) mass is 312 g/mol. The molecule has 4 aromatic rings. The average Bonchev–Trinajstić information content (AvgIpc) is 3.06. The predicted octanol–water partition coefficient (Wildman–Crippen LogP) is 4.77. The van der Waals surface area contributed by atoms with E-state index < -0.39 is 0 Å². The van der Waals surface area contributed by atoms with Crippen molar-refractivity contribution in [1.82, 2.24) is 9.97 Å². The predicted molar refractivity (Wildman–Crippen MR) is 96.1 cm³/mol. The Hall–Kier alpha value is -3.20. The highest BCUT2D eigenvalue weighted by Gasteiger charge is 2.10. The number of nitrogens with zero attached hydrogens (tertiary/aromatic N) is 1. The van der Waals surface area contributed by atoms with Crippen LogP contribution < -0.4 is 0 Å². The van der Waals surface area contributed by atoms with E-state index in [2.05, 4.69) is 9.97 Å². The molecule has 4 rings (SSSR count). The van der Waals surface area contributed by atoms with Crippen molar-refractivity contribution in [2.75, 3.05) is 0 Å². The average molecular weight is 312 g/mol. The summed E-state index contributed by atoms with van der Waals surface area (Å²) >= 11 is 0. The molecule has 1 N–H and O–H groups in total. The fraction of sp³-hybridized carbons (Fsp3) is 0.0476. The zero-order valence-electron chi connectivity index (χ0n) is 13.3. The molecule has 0 saturated heterocycles. The van der Waals surface area contributed by atoms with Gasteiger partial charge >= 0.3 is 0 Å². The lowest BCUT2D eigenvalue weighted by Crippen LogP contribution is -2.01. The van der Waals surface area contributed by atoms with E-state index in [0.717, 1.165) is 28.0 Å². The minimum atomic E-state index is 0.0335. The summed E-state index contributed by atoms with van der Waals surface area (Å²) in [6.45, 7) is 2.01. The highest BCUT2D eigenvalue weighted by atomic mass is 16.1. The normalized spacial score (nSPS) is 10.9. The summed E-state index contributed by atoms with van der Waals surface area (Å²) in [4.78, 5) is 20.4. The highest BCUT2D eigenvalue weighted by Crippen LogP contribution is 2.21. The molecule has 0 aliphatic heterocycles. The van der Waals surface area contributed by atoms with Crippen LogP contribution in [-0.2, 0) is 0 Å². The largest absolute Gasteiger partial charge is 0.338 e. The van der Waals surface area contributed by atoms with E-state index in [4.69, 9.17) is 0 Å². The Morgan fingerprint density at radius 1 is 0.833 bits per heavy atom. The first-order valence-electron chi connectivity index (χ1n) is 7.87. The molecule has 0 spiro atoms. The molecule has 0 aliphatic rings. The van der Waals surface area contributed by atoms with Crippen molar-refractivity contribution in [3.05, 3.63) is 89.5 Å². The maximum Gasteiger partial charge on any atom is 0.193 e. The van der Waals surface area contributed by atoms with Crippen molar-refractivity contribution in [1.29, 1.82) is 0 Å². The second-order valence-electron chi connectivity index (χ2n) is 5.88. The van der Waals surface area contributed by atoms with Gasteiger partial charge in [0.2, 0.25) is 0 Å². The van der Waals surface area contributed by atoms with Crippen molar-refractivity contribution in [3.63, 3.8) is 0 Å². The van der Waals surface area contributed by atoms with Crippen molar-refractivity contribution >= 4 is 16.8 Å². The molecule has 0 aliphatic carbocycles. The minimum Gasteiger partial charge on any atom is -0.338 e. The van der Waals surface area contributed by atoms with Crippen LogP contribution in [-0.4, -0.2) is 15.8 Å². The van der Waals surface area contributed by atoms with Crippen LogP contribution in [0.15, 0.2) is 72.8 Å². The second-order valence-corrected chi connectivity index (χ2v) is 5.88. The number of rotatable bonds is 3. The van der Waals surface area contributed by atoms with Gasteiger partial charge in [0.15, 0.2) is 5.78 Å². The van der Waals surface area contributed by atoms with Crippen LogP contribution in [0.3, 0.4) is 0 Å². The number of para-hydroxylation sites is 2. The number of hydrogen-bond donors (Lipinski definition) is 1. The molecule has 1 aromatic heterocycles. The molecule has 0 bridgehead atoms. The van der Waals surface area contributed by atoms with Crippen molar-refractivity contribution in [2.45, 2.75) is 6.92 Å². The maximum absolute atomic E-state index is 12.5. The van der Waals surface area contributed by atoms with Gasteiger partial charge in [-0.2, -0.15) is 0 Å². The first-order chi connectivity index (χ1) is 11.7. The summed E-state index contributed by atoms with van der Waals surface area (Å²) in [6, 6.07) is 23.1. The zero-order chi connectivity index (χ0) is 16.5. The summed E-state index contributed by atoms with van der Waals surface area (Å²) < 4.78 is 0. The standard InChI is InChI=1S/C21H16N2O/c1-14-6-8-15(9-7-14)20(24)16-10-12-17(13-11-16)21-22-18-4-2-3-5-19(18)23-21/h2-13H,1H3,(H,22,23).